The molecule has 1 aliphatic heterocycles. The van der Waals surface area contributed by atoms with E-state index >= 15 is 0 Å². The Morgan fingerprint density at radius 3 is 2.75 bits per heavy atom. The number of carbonyl (C=O) groups excluding carboxylic acids is 3. The van der Waals surface area contributed by atoms with E-state index in [-0.39, 0.29) is 29.5 Å². The lowest BCUT2D eigenvalue weighted by atomic mass is 10.1. The average molecular weight is 495 g/mol. The van der Waals surface area contributed by atoms with Gasteiger partial charge in [-0.05, 0) is 49.4 Å². The summed E-state index contributed by atoms with van der Waals surface area (Å²) < 4.78 is 37.5. The van der Waals surface area contributed by atoms with Crippen LogP contribution in [0.15, 0.2) is 60.8 Å². The number of carbonyl (C=O) groups is 3. The minimum atomic E-state index is -0.929. The van der Waals surface area contributed by atoms with Gasteiger partial charge in [-0.2, -0.15) is 0 Å². The van der Waals surface area contributed by atoms with Crippen molar-refractivity contribution in [2.24, 2.45) is 0 Å². The molecule has 10 heteroatoms. The molecule has 2 heterocycles. The summed E-state index contributed by atoms with van der Waals surface area (Å²) in [6.45, 7) is 1.15. The van der Waals surface area contributed by atoms with Crippen molar-refractivity contribution in [2.45, 2.75) is 19.4 Å². The monoisotopic (exact) mass is 495 g/mol. The Morgan fingerprint density at radius 2 is 2.00 bits per heavy atom. The molecule has 2 amide bonds. The van der Waals surface area contributed by atoms with E-state index in [1.165, 1.54) is 23.1 Å². The highest BCUT2D eigenvalue weighted by Gasteiger charge is 2.33. The summed E-state index contributed by atoms with van der Waals surface area (Å²) >= 11 is 0. The fraction of sp³-hybridized carbons (Fsp3) is 0.231. The molecule has 2 aromatic carbocycles. The number of amides is 2. The summed E-state index contributed by atoms with van der Waals surface area (Å²) in [4.78, 5) is 43.7. The van der Waals surface area contributed by atoms with Gasteiger partial charge in [-0.1, -0.05) is 6.07 Å². The number of nitrogens with one attached hydrogen (secondary N) is 1. The highest BCUT2D eigenvalue weighted by molar-refractivity contribution is 6.05. The second kappa shape index (κ2) is 10.9. The molecule has 0 bridgehead atoms. The minimum Gasteiger partial charge on any atom is -0.482 e. The lowest BCUT2D eigenvalue weighted by molar-refractivity contribution is -0.127. The fourth-order valence-electron chi connectivity index (χ4n) is 3.71. The van der Waals surface area contributed by atoms with E-state index in [1.807, 2.05) is 12.1 Å². The molecule has 186 valence electrons. The standard InChI is InChI=1S/C26H23F2N3O5/c1-16(26(34)30-11-9-19-4-2-3-10-29-19)31-21-12-17(5-7-24(21)36-15-25(31)33)22(32)14-35-23-8-6-18(27)13-20(23)28/h2-8,10,12-13,16H,9,11,14-15H2,1H3,(H,30,34)/t16-/m1/s1. The van der Waals surface area contributed by atoms with Gasteiger partial charge in [0.1, 0.15) is 17.6 Å². The van der Waals surface area contributed by atoms with E-state index in [1.54, 1.807) is 19.2 Å². The molecule has 0 aliphatic carbocycles. The maximum absolute atomic E-state index is 13.8. The minimum absolute atomic E-state index is 0.169. The number of ketones is 1. The third kappa shape index (κ3) is 5.65. The number of benzene rings is 2. The number of fused-ring (bicyclic) bond motifs is 1. The van der Waals surface area contributed by atoms with Gasteiger partial charge in [-0.15, -0.1) is 0 Å². The van der Waals surface area contributed by atoms with Crippen LogP contribution in [-0.2, 0) is 16.0 Å². The molecule has 3 aromatic rings. The molecule has 0 saturated carbocycles. The molecule has 0 fully saturated rings. The molecule has 0 unspecified atom stereocenters. The van der Waals surface area contributed by atoms with Crippen LogP contribution < -0.4 is 19.7 Å². The first kappa shape index (κ1) is 24.8. The van der Waals surface area contributed by atoms with E-state index in [9.17, 15) is 23.2 Å². The molecule has 0 saturated heterocycles. The van der Waals surface area contributed by atoms with Gasteiger partial charge in [-0.25, -0.2) is 8.78 Å². The van der Waals surface area contributed by atoms with E-state index in [4.69, 9.17) is 9.47 Å². The first-order valence-electron chi connectivity index (χ1n) is 11.2. The predicted octanol–water partition coefficient (Wildman–Crippen LogP) is 3.09. The molecule has 0 radical (unpaired) electrons. The molecule has 1 aliphatic rings. The summed E-state index contributed by atoms with van der Waals surface area (Å²) in [5.74, 6) is -2.94. The molecule has 1 N–H and O–H groups in total. The summed E-state index contributed by atoms with van der Waals surface area (Å²) in [5, 5.41) is 2.80. The largest absolute Gasteiger partial charge is 0.482 e. The number of aromatic nitrogens is 1. The zero-order valence-corrected chi connectivity index (χ0v) is 19.4. The molecule has 36 heavy (non-hydrogen) atoms. The van der Waals surface area contributed by atoms with Crippen molar-refractivity contribution in [3.63, 3.8) is 0 Å². The number of rotatable bonds is 9. The molecule has 1 aromatic heterocycles. The quantitative estimate of drug-likeness (QED) is 0.458. The lowest BCUT2D eigenvalue weighted by Crippen LogP contribution is -2.51. The summed E-state index contributed by atoms with van der Waals surface area (Å²) in [6.07, 6.45) is 2.20. The third-order valence-electron chi connectivity index (χ3n) is 5.59. The Balaban J connectivity index is 1.45. The van der Waals surface area contributed by atoms with Crippen molar-refractivity contribution in [1.82, 2.24) is 10.3 Å². The van der Waals surface area contributed by atoms with Crippen LogP contribution in [0.1, 0.15) is 23.0 Å². The second-order valence-corrected chi connectivity index (χ2v) is 8.06. The van der Waals surface area contributed by atoms with Crippen LogP contribution in [0.25, 0.3) is 0 Å². The SMILES string of the molecule is C[C@H](C(=O)NCCc1ccccn1)N1C(=O)COc2ccc(C(=O)COc3ccc(F)cc3F)cc21. The Hall–Kier alpha value is -4.34. The van der Waals surface area contributed by atoms with Crippen LogP contribution in [-0.4, -0.2) is 48.4 Å². The van der Waals surface area contributed by atoms with E-state index in [0.717, 1.165) is 17.8 Å². The number of halogens is 2. The van der Waals surface area contributed by atoms with Gasteiger partial charge >= 0.3 is 0 Å². The number of nitrogens with zero attached hydrogens (tertiary/aromatic N) is 2. The molecular weight excluding hydrogens is 472 g/mol. The summed E-state index contributed by atoms with van der Waals surface area (Å²) in [6, 6.07) is 11.8. The second-order valence-electron chi connectivity index (χ2n) is 8.06. The maximum atomic E-state index is 13.8. The van der Waals surface area contributed by atoms with E-state index < -0.39 is 36.0 Å². The van der Waals surface area contributed by atoms with Crippen molar-refractivity contribution in [3.05, 3.63) is 83.7 Å². The smallest absolute Gasteiger partial charge is 0.265 e. The number of ether oxygens (including phenoxy) is 2. The fourth-order valence-corrected chi connectivity index (χ4v) is 3.71. The van der Waals surface area contributed by atoms with Gasteiger partial charge in [0.05, 0.1) is 5.69 Å². The Kier molecular flexibility index (Phi) is 7.53. The highest BCUT2D eigenvalue weighted by atomic mass is 19.1. The summed E-state index contributed by atoms with van der Waals surface area (Å²) in [7, 11) is 0. The van der Waals surface area contributed by atoms with Gasteiger partial charge in [0, 0.05) is 36.5 Å². The molecule has 0 spiro atoms. The van der Waals surface area contributed by atoms with Crippen molar-refractivity contribution < 1.29 is 32.6 Å². The van der Waals surface area contributed by atoms with Crippen LogP contribution in [0.5, 0.6) is 11.5 Å². The van der Waals surface area contributed by atoms with E-state index in [2.05, 4.69) is 10.3 Å². The van der Waals surface area contributed by atoms with Gasteiger partial charge in [-0.3, -0.25) is 24.3 Å². The van der Waals surface area contributed by atoms with Crippen LogP contribution in [0, 0.1) is 11.6 Å². The normalized spacial score (nSPS) is 13.4. The van der Waals surface area contributed by atoms with Gasteiger partial charge < -0.3 is 14.8 Å². The van der Waals surface area contributed by atoms with Crippen LogP contribution in [0.3, 0.4) is 0 Å². The molecule has 4 rings (SSSR count). The van der Waals surface area contributed by atoms with Crippen LogP contribution >= 0.6 is 0 Å². The first-order valence-corrected chi connectivity index (χ1v) is 11.2. The number of hydrogen-bond acceptors (Lipinski definition) is 6. The maximum Gasteiger partial charge on any atom is 0.265 e. The van der Waals surface area contributed by atoms with Crippen molar-refractivity contribution in [1.29, 1.82) is 0 Å². The van der Waals surface area contributed by atoms with Crippen molar-refractivity contribution in [3.8, 4) is 11.5 Å². The zero-order valence-electron chi connectivity index (χ0n) is 19.4. The van der Waals surface area contributed by atoms with Crippen LogP contribution in [0.4, 0.5) is 14.5 Å². The zero-order chi connectivity index (χ0) is 25.7. The number of anilines is 1. The third-order valence-corrected chi connectivity index (χ3v) is 5.59. The first-order chi connectivity index (χ1) is 17.3. The van der Waals surface area contributed by atoms with Gasteiger partial charge in [0.25, 0.3) is 5.91 Å². The lowest BCUT2D eigenvalue weighted by Gasteiger charge is -2.33. The average Bonchev–Trinajstić information content (AvgIpc) is 2.87. The van der Waals surface area contributed by atoms with Crippen molar-refractivity contribution in [2.75, 3.05) is 24.7 Å². The van der Waals surface area contributed by atoms with Gasteiger partial charge in [0.15, 0.2) is 30.6 Å². The predicted molar refractivity (Wildman–Crippen MR) is 126 cm³/mol. The molecule has 1 atom stereocenters. The Labute approximate surface area is 205 Å². The van der Waals surface area contributed by atoms with Crippen LogP contribution in [0.2, 0.25) is 0 Å². The molecular formula is C26H23F2N3O5. The Morgan fingerprint density at radius 1 is 1.17 bits per heavy atom. The summed E-state index contributed by atoms with van der Waals surface area (Å²) in [5.41, 5.74) is 1.25. The topological polar surface area (TPSA) is 97.8 Å². The van der Waals surface area contributed by atoms with E-state index in [0.29, 0.717) is 24.8 Å². The van der Waals surface area contributed by atoms with Crippen molar-refractivity contribution >= 4 is 23.3 Å². The highest BCUT2D eigenvalue weighted by Crippen LogP contribution is 2.34. The van der Waals surface area contributed by atoms with Gasteiger partial charge in [0.2, 0.25) is 5.91 Å². The number of pyridine rings is 1. The number of Topliss-reactive ketones (excluding diaryl/α,β-unsaturated/α-hetero) is 1. The number of hydrogen-bond donors (Lipinski definition) is 1. The Bertz CT molecular complexity index is 1290. The molecule has 8 nitrogen and oxygen atoms in total.